The molecule has 3 unspecified atom stereocenters. The van der Waals surface area contributed by atoms with E-state index in [1.807, 2.05) is 11.9 Å². The predicted octanol–water partition coefficient (Wildman–Crippen LogP) is 0.666. The second-order valence-electron chi connectivity index (χ2n) is 5.58. The Hall–Kier alpha value is -0.610. The van der Waals surface area contributed by atoms with E-state index >= 15 is 0 Å². The van der Waals surface area contributed by atoms with Crippen molar-refractivity contribution in [2.45, 2.75) is 44.2 Å². The first-order valence-corrected chi connectivity index (χ1v) is 6.82. The maximum atomic E-state index is 12.0. The molecule has 0 radical (unpaired) electrons. The van der Waals surface area contributed by atoms with Gasteiger partial charge in [-0.15, -0.1) is 0 Å². The van der Waals surface area contributed by atoms with Crippen molar-refractivity contribution in [3.63, 3.8) is 0 Å². The molecule has 1 amide bonds. The van der Waals surface area contributed by atoms with Crippen LogP contribution in [0.1, 0.15) is 32.1 Å². The van der Waals surface area contributed by atoms with Crippen LogP contribution in [0.4, 0.5) is 0 Å². The quantitative estimate of drug-likeness (QED) is 0.787. The molecule has 0 spiro atoms. The SMILES string of the molecule is CN1CCC(N(C)C2CCCCC2CN)C1=O. The minimum absolute atomic E-state index is 0.0946. The van der Waals surface area contributed by atoms with Crippen molar-refractivity contribution in [3.05, 3.63) is 0 Å². The number of likely N-dealkylation sites (tertiary alicyclic amines) is 1. The smallest absolute Gasteiger partial charge is 0.239 e. The van der Waals surface area contributed by atoms with Gasteiger partial charge in [0.25, 0.3) is 0 Å². The standard InChI is InChI=1S/C13H25N3O/c1-15-8-7-12(13(15)17)16(2)11-6-4-3-5-10(11)9-14/h10-12H,3-9,14H2,1-2H3. The molecule has 1 aliphatic heterocycles. The number of nitrogens with zero attached hydrogens (tertiary/aromatic N) is 2. The van der Waals surface area contributed by atoms with Crippen LogP contribution >= 0.6 is 0 Å². The Morgan fingerprint density at radius 2 is 2.06 bits per heavy atom. The fraction of sp³-hybridized carbons (Fsp3) is 0.923. The summed E-state index contributed by atoms with van der Waals surface area (Å²) in [5, 5.41) is 0. The molecule has 17 heavy (non-hydrogen) atoms. The van der Waals surface area contributed by atoms with Gasteiger partial charge in [0.1, 0.15) is 0 Å². The average Bonchev–Trinajstić information content (AvgIpc) is 2.69. The Labute approximate surface area is 104 Å². The summed E-state index contributed by atoms with van der Waals surface area (Å²) in [4.78, 5) is 16.2. The van der Waals surface area contributed by atoms with Gasteiger partial charge < -0.3 is 10.6 Å². The fourth-order valence-electron chi connectivity index (χ4n) is 3.41. The summed E-state index contributed by atoms with van der Waals surface area (Å²) in [5.74, 6) is 0.862. The number of amides is 1. The molecule has 1 aliphatic carbocycles. The van der Waals surface area contributed by atoms with Gasteiger partial charge in [-0.2, -0.15) is 0 Å². The number of carbonyl (C=O) groups excluding carboxylic acids is 1. The largest absolute Gasteiger partial charge is 0.344 e. The van der Waals surface area contributed by atoms with Gasteiger partial charge in [0.2, 0.25) is 5.91 Å². The van der Waals surface area contributed by atoms with Crippen molar-refractivity contribution in [1.29, 1.82) is 0 Å². The van der Waals surface area contributed by atoms with Crippen molar-refractivity contribution < 1.29 is 4.79 Å². The first-order valence-electron chi connectivity index (χ1n) is 6.82. The minimum atomic E-state index is 0.0946. The Kier molecular flexibility index (Phi) is 4.05. The van der Waals surface area contributed by atoms with E-state index in [4.69, 9.17) is 5.73 Å². The van der Waals surface area contributed by atoms with Crippen LogP contribution in [0.2, 0.25) is 0 Å². The summed E-state index contributed by atoms with van der Waals surface area (Å²) in [5.41, 5.74) is 5.87. The Balaban J connectivity index is 2.02. The minimum Gasteiger partial charge on any atom is -0.344 e. The molecule has 2 aliphatic rings. The molecule has 2 fully saturated rings. The third-order valence-corrected chi connectivity index (χ3v) is 4.59. The Morgan fingerprint density at radius 3 is 2.65 bits per heavy atom. The van der Waals surface area contributed by atoms with Gasteiger partial charge >= 0.3 is 0 Å². The van der Waals surface area contributed by atoms with Gasteiger partial charge in [-0.25, -0.2) is 0 Å². The lowest BCUT2D eigenvalue weighted by atomic mass is 9.83. The molecule has 2 rings (SSSR count). The number of hydrogen-bond donors (Lipinski definition) is 1. The zero-order chi connectivity index (χ0) is 12.4. The van der Waals surface area contributed by atoms with Gasteiger partial charge in [0.15, 0.2) is 0 Å². The van der Waals surface area contributed by atoms with E-state index in [0.29, 0.717) is 12.0 Å². The topological polar surface area (TPSA) is 49.6 Å². The van der Waals surface area contributed by atoms with E-state index in [2.05, 4.69) is 11.9 Å². The maximum Gasteiger partial charge on any atom is 0.239 e. The summed E-state index contributed by atoms with van der Waals surface area (Å²) < 4.78 is 0. The number of likely N-dealkylation sites (N-methyl/N-ethyl adjacent to an activating group) is 2. The van der Waals surface area contributed by atoms with Crippen molar-refractivity contribution in [2.75, 3.05) is 27.2 Å². The van der Waals surface area contributed by atoms with Crippen LogP contribution in [0, 0.1) is 5.92 Å². The maximum absolute atomic E-state index is 12.0. The van der Waals surface area contributed by atoms with Crippen LogP contribution in [-0.2, 0) is 4.79 Å². The third-order valence-electron chi connectivity index (χ3n) is 4.59. The normalized spacial score (nSPS) is 34.7. The van der Waals surface area contributed by atoms with Crippen LogP contribution in [0.25, 0.3) is 0 Å². The highest BCUT2D eigenvalue weighted by Crippen LogP contribution is 2.30. The lowest BCUT2D eigenvalue weighted by Gasteiger charge is -2.39. The summed E-state index contributed by atoms with van der Waals surface area (Å²) >= 11 is 0. The van der Waals surface area contributed by atoms with Crippen molar-refractivity contribution >= 4 is 5.91 Å². The molecule has 4 heteroatoms. The van der Waals surface area contributed by atoms with Crippen LogP contribution in [0.5, 0.6) is 0 Å². The highest BCUT2D eigenvalue weighted by molar-refractivity contribution is 5.83. The fourth-order valence-corrected chi connectivity index (χ4v) is 3.41. The van der Waals surface area contributed by atoms with Gasteiger partial charge in [0.05, 0.1) is 6.04 Å². The molecule has 1 saturated heterocycles. The summed E-state index contributed by atoms with van der Waals surface area (Å²) in [6, 6.07) is 0.603. The van der Waals surface area contributed by atoms with Gasteiger partial charge in [0, 0.05) is 19.6 Å². The highest BCUT2D eigenvalue weighted by atomic mass is 16.2. The molecule has 0 aromatic carbocycles. The first-order chi connectivity index (χ1) is 8.15. The lowest BCUT2D eigenvalue weighted by Crippen LogP contribution is -2.50. The monoisotopic (exact) mass is 239 g/mol. The molecule has 0 bridgehead atoms. The van der Waals surface area contributed by atoms with Crippen molar-refractivity contribution in [3.8, 4) is 0 Å². The average molecular weight is 239 g/mol. The van der Waals surface area contributed by atoms with E-state index in [1.54, 1.807) is 0 Å². The molecular weight excluding hydrogens is 214 g/mol. The van der Waals surface area contributed by atoms with Crippen molar-refractivity contribution in [1.82, 2.24) is 9.80 Å². The van der Waals surface area contributed by atoms with Gasteiger partial charge in [-0.05, 0) is 38.8 Å². The molecular formula is C13H25N3O. The van der Waals surface area contributed by atoms with Gasteiger partial charge in [-0.1, -0.05) is 12.8 Å². The second-order valence-corrected chi connectivity index (χ2v) is 5.58. The third kappa shape index (κ3) is 2.47. The molecule has 3 atom stereocenters. The molecule has 98 valence electrons. The van der Waals surface area contributed by atoms with E-state index in [9.17, 15) is 4.79 Å². The van der Waals surface area contributed by atoms with E-state index in [1.165, 1.54) is 25.7 Å². The predicted molar refractivity (Wildman–Crippen MR) is 68.6 cm³/mol. The number of carbonyl (C=O) groups is 1. The van der Waals surface area contributed by atoms with E-state index in [-0.39, 0.29) is 11.9 Å². The number of nitrogens with two attached hydrogens (primary N) is 1. The number of hydrogen-bond acceptors (Lipinski definition) is 3. The molecule has 0 aromatic rings. The van der Waals surface area contributed by atoms with Crippen LogP contribution < -0.4 is 5.73 Å². The number of rotatable bonds is 3. The second kappa shape index (κ2) is 5.36. The van der Waals surface area contributed by atoms with E-state index in [0.717, 1.165) is 19.5 Å². The summed E-state index contributed by atoms with van der Waals surface area (Å²) in [6.07, 6.45) is 5.97. The van der Waals surface area contributed by atoms with Crippen LogP contribution in [0.15, 0.2) is 0 Å². The molecule has 4 nitrogen and oxygen atoms in total. The zero-order valence-electron chi connectivity index (χ0n) is 11.1. The molecule has 2 N–H and O–H groups in total. The Morgan fingerprint density at radius 1 is 1.35 bits per heavy atom. The first kappa shape index (κ1) is 12.8. The van der Waals surface area contributed by atoms with E-state index < -0.39 is 0 Å². The Bertz CT molecular complexity index is 282. The van der Waals surface area contributed by atoms with Crippen molar-refractivity contribution in [2.24, 2.45) is 11.7 Å². The summed E-state index contributed by atoms with van der Waals surface area (Å²) in [7, 11) is 4.01. The van der Waals surface area contributed by atoms with Crippen LogP contribution in [0.3, 0.4) is 0 Å². The lowest BCUT2D eigenvalue weighted by molar-refractivity contribution is -0.131. The molecule has 0 aromatic heterocycles. The molecule has 1 saturated carbocycles. The zero-order valence-corrected chi connectivity index (χ0v) is 11.1. The van der Waals surface area contributed by atoms with Gasteiger partial charge in [-0.3, -0.25) is 9.69 Å². The molecule has 1 heterocycles. The highest BCUT2D eigenvalue weighted by Gasteiger charge is 2.38. The summed E-state index contributed by atoms with van der Waals surface area (Å²) in [6.45, 7) is 1.65. The van der Waals surface area contributed by atoms with Crippen LogP contribution in [-0.4, -0.2) is 55.0 Å².